The third kappa shape index (κ3) is 4.03. The summed E-state index contributed by atoms with van der Waals surface area (Å²) in [5, 5.41) is 7.49. The van der Waals surface area contributed by atoms with Crippen LogP contribution in [0, 0.1) is 5.82 Å². The number of esters is 1. The normalized spacial score (nSPS) is 14.3. The van der Waals surface area contributed by atoms with E-state index in [0.29, 0.717) is 18.5 Å². The van der Waals surface area contributed by atoms with Gasteiger partial charge in [-0.2, -0.15) is 5.10 Å². The Morgan fingerprint density at radius 1 is 1.14 bits per heavy atom. The van der Waals surface area contributed by atoms with Crippen LogP contribution in [0.4, 0.5) is 4.39 Å². The molecule has 1 heterocycles. The van der Waals surface area contributed by atoms with Crippen LogP contribution in [0.2, 0.25) is 0 Å². The number of hydrogen-bond donors (Lipinski definition) is 1. The first-order valence-electron chi connectivity index (χ1n) is 9.35. The molecule has 1 N–H and O–H groups in total. The highest BCUT2D eigenvalue weighted by atomic mass is 19.1. The maximum absolute atomic E-state index is 13.3. The molecule has 1 fully saturated rings. The number of para-hydroxylation sites is 1. The van der Waals surface area contributed by atoms with Crippen molar-refractivity contribution in [2.45, 2.75) is 31.9 Å². The molecule has 0 spiro atoms. The second kappa shape index (κ2) is 7.50. The molecule has 0 aliphatic heterocycles. The summed E-state index contributed by atoms with van der Waals surface area (Å²) in [4.78, 5) is 23.8. The summed E-state index contributed by atoms with van der Waals surface area (Å²) < 4.78 is 20.3. The van der Waals surface area contributed by atoms with Crippen LogP contribution >= 0.6 is 0 Å². The minimum absolute atomic E-state index is 0.210. The quantitative estimate of drug-likeness (QED) is 0.652. The fourth-order valence-electron chi connectivity index (χ4n) is 3.20. The molecule has 1 aliphatic rings. The molecule has 0 atom stereocenters. The van der Waals surface area contributed by atoms with E-state index in [9.17, 15) is 14.0 Å². The summed E-state index contributed by atoms with van der Waals surface area (Å²) in [5.41, 5.74) is 1.98. The Morgan fingerprint density at radius 2 is 1.83 bits per heavy atom. The van der Waals surface area contributed by atoms with Gasteiger partial charge in [-0.1, -0.05) is 18.2 Å². The van der Waals surface area contributed by atoms with Gasteiger partial charge in [0, 0.05) is 43.6 Å². The molecule has 0 radical (unpaired) electrons. The molecule has 1 amide bonds. The van der Waals surface area contributed by atoms with Crippen molar-refractivity contribution in [2.75, 3.05) is 0 Å². The van der Waals surface area contributed by atoms with Crippen molar-refractivity contribution in [3.05, 3.63) is 72.2 Å². The van der Waals surface area contributed by atoms with Gasteiger partial charge in [-0.3, -0.25) is 9.59 Å². The van der Waals surface area contributed by atoms with E-state index >= 15 is 0 Å². The molecular formula is C22H20FN3O3. The lowest BCUT2D eigenvalue weighted by atomic mass is 10.1. The predicted molar refractivity (Wildman–Crippen MR) is 105 cm³/mol. The number of rotatable bonds is 6. The molecule has 1 saturated carbocycles. The number of benzene rings is 2. The minimum atomic E-state index is -1.04. The fraction of sp³-hybridized carbons (Fsp3) is 0.227. The van der Waals surface area contributed by atoms with Gasteiger partial charge in [0.2, 0.25) is 0 Å². The van der Waals surface area contributed by atoms with Crippen molar-refractivity contribution in [3.63, 3.8) is 0 Å². The topological polar surface area (TPSA) is 73.2 Å². The Labute approximate surface area is 167 Å². The van der Waals surface area contributed by atoms with Crippen LogP contribution in [-0.4, -0.2) is 27.3 Å². The van der Waals surface area contributed by atoms with Gasteiger partial charge in [0.1, 0.15) is 5.82 Å². The van der Waals surface area contributed by atoms with E-state index in [-0.39, 0.29) is 18.3 Å². The molecule has 1 aliphatic carbocycles. The number of nitrogens with zero attached hydrogens (tertiary/aromatic N) is 2. The predicted octanol–water partition coefficient (Wildman–Crippen LogP) is 3.39. The van der Waals surface area contributed by atoms with Crippen molar-refractivity contribution < 1.29 is 18.7 Å². The molecule has 29 heavy (non-hydrogen) atoms. The molecule has 0 bridgehead atoms. The molecule has 4 rings (SSSR count). The number of amides is 1. The van der Waals surface area contributed by atoms with Gasteiger partial charge in [-0.25, -0.2) is 9.07 Å². The maximum atomic E-state index is 13.3. The fourth-order valence-corrected chi connectivity index (χ4v) is 3.20. The number of aromatic nitrogens is 2. The first-order valence-corrected chi connectivity index (χ1v) is 9.35. The molecule has 6 nitrogen and oxygen atoms in total. The van der Waals surface area contributed by atoms with Crippen molar-refractivity contribution in [2.24, 2.45) is 0 Å². The molecule has 3 aromatic rings. The molecule has 0 unspecified atom stereocenters. The summed E-state index contributed by atoms with van der Waals surface area (Å²) in [6.45, 7) is 1.51. The van der Waals surface area contributed by atoms with Crippen LogP contribution < -0.4 is 5.32 Å². The summed E-state index contributed by atoms with van der Waals surface area (Å²) in [6.07, 6.45) is 2.87. The number of nitrogens with one attached hydrogen (secondary N) is 1. The second-order valence-electron chi connectivity index (χ2n) is 7.06. The average Bonchev–Trinajstić information content (AvgIpc) is 3.36. The Kier molecular flexibility index (Phi) is 4.88. The van der Waals surface area contributed by atoms with Crippen LogP contribution in [0.3, 0.4) is 0 Å². The van der Waals surface area contributed by atoms with Gasteiger partial charge in [0.25, 0.3) is 5.91 Å². The number of carbonyl (C=O) groups excluding carboxylic acids is 2. The lowest BCUT2D eigenvalue weighted by molar-refractivity contribution is -0.156. The molecule has 2 aromatic carbocycles. The van der Waals surface area contributed by atoms with Gasteiger partial charge in [0.05, 0.1) is 11.4 Å². The summed E-state index contributed by atoms with van der Waals surface area (Å²) in [5.74, 6) is -1.12. The highest BCUT2D eigenvalue weighted by Crippen LogP contribution is 2.40. The second-order valence-corrected chi connectivity index (χ2v) is 7.06. The van der Waals surface area contributed by atoms with Gasteiger partial charge in [-0.15, -0.1) is 0 Å². The zero-order valence-corrected chi connectivity index (χ0v) is 15.9. The van der Waals surface area contributed by atoms with Crippen LogP contribution in [0.5, 0.6) is 0 Å². The molecule has 0 saturated heterocycles. The number of halogens is 1. The van der Waals surface area contributed by atoms with Gasteiger partial charge in [-0.05, 0) is 36.4 Å². The van der Waals surface area contributed by atoms with Crippen LogP contribution in [0.1, 0.15) is 25.3 Å². The molecule has 148 valence electrons. The van der Waals surface area contributed by atoms with Crippen LogP contribution in [-0.2, 0) is 20.9 Å². The Morgan fingerprint density at radius 3 is 2.45 bits per heavy atom. The van der Waals surface area contributed by atoms with Crippen molar-refractivity contribution in [1.82, 2.24) is 15.1 Å². The standard InChI is InChI=1S/C22H20FN3O3/c1-15(27)29-22(11-12-22)21(28)24-13-17-14-26(19-5-3-2-4-6-19)25-20(17)16-7-9-18(23)10-8-16/h2-10,14H,11-13H2,1H3,(H,24,28). The van der Waals surface area contributed by atoms with Crippen molar-refractivity contribution in [3.8, 4) is 16.9 Å². The zero-order chi connectivity index (χ0) is 20.4. The minimum Gasteiger partial charge on any atom is -0.449 e. The van der Waals surface area contributed by atoms with E-state index in [2.05, 4.69) is 10.4 Å². The number of carbonyl (C=O) groups is 2. The maximum Gasteiger partial charge on any atom is 0.303 e. The van der Waals surface area contributed by atoms with E-state index in [4.69, 9.17) is 4.74 Å². The van der Waals surface area contributed by atoms with Crippen LogP contribution in [0.15, 0.2) is 60.8 Å². The Hall–Kier alpha value is -3.48. The smallest absolute Gasteiger partial charge is 0.303 e. The van der Waals surface area contributed by atoms with E-state index in [1.165, 1.54) is 19.1 Å². The van der Waals surface area contributed by atoms with Crippen molar-refractivity contribution in [1.29, 1.82) is 0 Å². The van der Waals surface area contributed by atoms with Crippen LogP contribution in [0.25, 0.3) is 16.9 Å². The van der Waals surface area contributed by atoms with E-state index < -0.39 is 11.6 Å². The first-order chi connectivity index (χ1) is 14.0. The molecule has 1 aromatic heterocycles. The zero-order valence-electron chi connectivity index (χ0n) is 15.9. The van der Waals surface area contributed by atoms with Gasteiger partial charge in [0.15, 0.2) is 5.60 Å². The largest absolute Gasteiger partial charge is 0.449 e. The number of ether oxygens (including phenoxy) is 1. The molecule has 7 heteroatoms. The highest BCUT2D eigenvalue weighted by Gasteiger charge is 2.53. The Balaban J connectivity index is 1.61. The van der Waals surface area contributed by atoms with Gasteiger partial charge < -0.3 is 10.1 Å². The average molecular weight is 393 g/mol. The molecular weight excluding hydrogens is 373 g/mol. The summed E-state index contributed by atoms with van der Waals surface area (Å²) in [7, 11) is 0. The number of hydrogen-bond acceptors (Lipinski definition) is 4. The van der Waals surface area contributed by atoms with E-state index in [1.54, 1.807) is 16.8 Å². The SMILES string of the molecule is CC(=O)OC1(C(=O)NCc2cn(-c3ccccc3)nc2-c2ccc(F)cc2)CC1. The van der Waals surface area contributed by atoms with Crippen molar-refractivity contribution >= 4 is 11.9 Å². The third-order valence-electron chi connectivity index (χ3n) is 4.82. The monoisotopic (exact) mass is 393 g/mol. The van der Waals surface area contributed by atoms with Gasteiger partial charge >= 0.3 is 5.97 Å². The van der Waals surface area contributed by atoms with E-state index in [0.717, 1.165) is 16.8 Å². The lowest BCUT2D eigenvalue weighted by Crippen LogP contribution is -2.39. The summed E-state index contributed by atoms with van der Waals surface area (Å²) in [6, 6.07) is 15.6. The first kappa shape index (κ1) is 18.9. The highest BCUT2D eigenvalue weighted by molar-refractivity contribution is 5.90. The Bertz CT molecular complexity index is 1040. The summed E-state index contributed by atoms with van der Waals surface area (Å²) >= 11 is 0. The lowest BCUT2D eigenvalue weighted by Gasteiger charge is -2.15. The van der Waals surface area contributed by atoms with E-state index in [1.807, 2.05) is 36.5 Å². The third-order valence-corrected chi connectivity index (χ3v) is 4.82.